The molecule has 0 aliphatic heterocycles. The summed E-state index contributed by atoms with van der Waals surface area (Å²) in [6, 6.07) is 0.281. The van der Waals surface area contributed by atoms with Gasteiger partial charge in [-0.2, -0.15) is 0 Å². The minimum absolute atomic E-state index is 0.0300. The number of hydrogen-bond donors (Lipinski definition) is 2. The summed E-state index contributed by atoms with van der Waals surface area (Å²) in [6.45, 7) is 2.75. The highest BCUT2D eigenvalue weighted by molar-refractivity contribution is 7.99. The second-order valence-electron chi connectivity index (χ2n) is 5.33. The van der Waals surface area contributed by atoms with Gasteiger partial charge >= 0.3 is 0 Å². The summed E-state index contributed by atoms with van der Waals surface area (Å²) >= 11 is 1.29. The molecule has 19 heavy (non-hydrogen) atoms. The third-order valence-corrected chi connectivity index (χ3v) is 3.82. The Labute approximate surface area is 117 Å². The molecule has 2 N–H and O–H groups in total. The van der Waals surface area contributed by atoms with Gasteiger partial charge in [0.1, 0.15) is 0 Å². The third-order valence-electron chi connectivity index (χ3n) is 3.00. The number of nitrogens with one attached hydrogen (secondary N) is 2. The van der Waals surface area contributed by atoms with Crippen molar-refractivity contribution >= 4 is 17.7 Å². The molecule has 2 rings (SSSR count). The number of carbonyl (C=O) groups is 1. The van der Waals surface area contributed by atoms with Crippen LogP contribution < -0.4 is 10.2 Å². The van der Waals surface area contributed by atoms with E-state index in [2.05, 4.69) is 22.4 Å². The molecule has 106 valence electrons. The van der Waals surface area contributed by atoms with Crippen LogP contribution in [-0.2, 0) is 11.3 Å². The standard InChI is InChI=1S/C12H20N4O2S/c1-8(9-4-5-9)13-10(17)7-19-12-15-14-11(18-12)6-16(2)3/h8-9H,4-7H2,1-3H3,(H,13,17)/p+1/t8-/m0/s1. The quantitative estimate of drug-likeness (QED) is 0.674. The van der Waals surface area contributed by atoms with Crippen molar-refractivity contribution < 1.29 is 14.1 Å². The first-order valence-corrected chi connectivity index (χ1v) is 7.56. The fourth-order valence-electron chi connectivity index (χ4n) is 1.81. The van der Waals surface area contributed by atoms with Crippen LogP contribution in [0.3, 0.4) is 0 Å². The van der Waals surface area contributed by atoms with Crippen LogP contribution in [0.15, 0.2) is 9.64 Å². The minimum Gasteiger partial charge on any atom is -0.410 e. The third kappa shape index (κ3) is 4.83. The van der Waals surface area contributed by atoms with Gasteiger partial charge in [0.2, 0.25) is 5.91 Å². The summed E-state index contributed by atoms with van der Waals surface area (Å²) < 4.78 is 5.45. The molecule has 0 spiro atoms. The van der Waals surface area contributed by atoms with E-state index >= 15 is 0 Å². The molecule has 1 aromatic heterocycles. The Kier molecular flexibility index (Phi) is 4.81. The van der Waals surface area contributed by atoms with Crippen LogP contribution in [0.25, 0.3) is 0 Å². The van der Waals surface area contributed by atoms with Crippen molar-refractivity contribution in [3.8, 4) is 0 Å². The maximum Gasteiger partial charge on any atom is 0.277 e. The smallest absolute Gasteiger partial charge is 0.277 e. The number of nitrogens with zero attached hydrogens (tertiary/aromatic N) is 2. The largest absolute Gasteiger partial charge is 0.410 e. The van der Waals surface area contributed by atoms with Crippen LogP contribution in [-0.4, -0.2) is 42.0 Å². The summed E-state index contributed by atoms with van der Waals surface area (Å²) in [6.07, 6.45) is 2.46. The van der Waals surface area contributed by atoms with Gasteiger partial charge in [0.25, 0.3) is 11.1 Å². The first kappa shape index (κ1) is 14.3. The molecule has 1 atom stereocenters. The van der Waals surface area contributed by atoms with Crippen molar-refractivity contribution in [1.29, 1.82) is 0 Å². The number of aromatic nitrogens is 2. The fourth-order valence-corrected chi connectivity index (χ4v) is 2.40. The van der Waals surface area contributed by atoms with Crippen molar-refractivity contribution in [2.24, 2.45) is 5.92 Å². The lowest BCUT2D eigenvalue weighted by molar-refractivity contribution is -0.874. The van der Waals surface area contributed by atoms with E-state index in [0.717, 1.165) is 0 Å². The first-order chi connectivity index (χ1) is 9.04. The molecule has 7 heteroatoms. The zero-order valence-electron chi connectivity index (χ0n) is 11.6. The second kappa shape index (κ2) is 6.38. The lowest BCUT2D eigenvalue weighted by atomic mass is 10.2. The van der Waals surface area contributed by atoms with Gasteiger partial charge in [-0.15, -0.1) is 10.2 Å². The second-order valence-corrected chi connectivity index (χ2v) is 6.25. The zero-order valence-corrected chi connectivity index (χ0v) is 12.4. The lowest BCUT2D eigenvalue weighted by Crippen LogP contribution is -3.04. The highest BCUT2D eigenvalue weighted by Crippen LogP contribution is 2.32. The van der Waals surface area contributed by atoms with Gasteiger partial charge in [0, 0.05) is 6.04 Å². The monoisotopic (exact) mass is 285 g/mol. The number of quaternary nitrogens is 1. The molecule has 0 unspecified atom stereocenters. The predicted molar refractivity (Wildman–Crippen MR) is 71.9 cm³/mol. The predicted octanol–water partition coefficient (Wildman–Crippen LogP) is -0.279. The Morgan fingerprint density at radius 2 is 2.26 bits per heavy atom. The molecule has 1 fully saturated rings. The number of carbonyl (C=O) groups excluding carboxylic acids is 1. The minimum atomic E-state index is 0.0300. The van der Waals surface area contributed by atoms with Gasteiger partial charge in [-0.05, 0) is 25.7 Å². The molecule has 0 aromatic carbocycles. The summed E-state index contributed by atoms with van der Waals surface area (Å²) in [5, 5.41) is 11.3. The number of amides is 1. The van der Waals surface area contributed by atoms with Crippen LogP contribution in [0.4, 0.5) is 0 Å². The molecule has 0 radical (unpaired) electrons. The van der Waals surface area contributed by atoms with Gasteiger partial charge in [-0.1, -0.05) is 11.8 Å². The fraction of sp³-hybridized carbons (Fsp3) is 0.750. The van der Waals surface area contributed by atoms with Crippen molar-refractivity contribution in [2.45, 2.75) is 37.6 Å². The van der Waals surface area contributed by atoms with E-state index in [9.17, 15) is 4.79 Å². The number of rotatable bonds is 7. The van der Waals surface area contributed by atoms with Crippen LogP contribution in [0, 0.1) is 5.92 Å². The molecule has 0 bridgehead atoms. The maximum atomic E-state index is 11.7. The van der Waals surface area contributed by atoms with E-state index in [1.807, 2.05) is 14.1 Å². The summed E-state index contributed by atoms with van der Waals surface area (Å²) in [7, 11) is 4.04. The van der Waals surface area contributed by atoms with Gasteiger partial charge in [-0.3, -0.25) is 4.79 Å². The Hall–Kier alpha value is -1.08. The van der Waals surface area contributed by atoms with E-state index in [1.165, 1.54) is 29.5 Å². The van der Waals surface area contributed by atoms with Crippen LogP contribution in [0.1, 0.15) is 25.7 Å². The van der Waals surface area contributed by atoms with Gasteiger partial charge in [0.15, 0.2) is 6.54 Å². The average molecular weight is 285 g/mol. The van der Waals surface area contributed by atoms with Crippen LogP contribution in [0.2, 0.25) is 0 Å². The molecule has 0 saturated heterocycles. The van der Waals surface area contributed by atoms with Gasteiger partial charge < -0.3 is 14.6 Å². The van der Waals surface area contributed by atoms with Gasteiger partial charge in [-0.25, -0.2) is 0 Å². The molecule has 1 heterocycles. The van der Waals surface area contributed by atoms with Crippen molar-refractivity contribution in [3.05, 3.63) is 5.89 Å². The molecular formula is C12H21N4O2S+. The Morgan fingerprint density at radius 3 is 2.89 bits per heavy atom. The summed E-state index contributed by atoms with van der Waals surface area (Å²) in [5.74, 6) is 1.64. The molecule has 1 aliphatic carbocycles. The van der Waals surface area contributed by atoms with E-state index in [1.54, 1.807) is 0 Å². The molecule has 1 aromatic rings. The SMILES string of the molecule is C[C@H](NC(=O)CSc1nnc(C[NH+](C)C)o1)C1CC1. The lowest BCUT2D eigenvalue weighted by Gasteiger charge is -2.11. The van der Waals surface area contributed by atoms with Crippen LogP contribution in [0.5, 0.6) is 0 Å². The molecule has 6 nitrogen and oxygen atoms in total. The average Bonchev–Trinajstić information content (AvgIpc) is 3.09. The molecular weight excluding hydrogens is 264 g/mol. The normalized spacial score (nSPS) is 16.6. The van der Waals surface area contributed by atoms with E-state index in [4.69, 9.17) is 4.42 Å². The van der Waals surface area contributed by atoms with Gasteiger partial charge in [0.05, 0.1) is 19.8 Å². The Balaban J connectivity index is 1.71. The highest BCUT2D eigenvalue weighted by Gasteiger charge is 2.28. The summed E-state index contributed by atoms with van der Waals surface area (Å²) in [5.41, 5.74) is 0. The number of thioether (sulfide) groups is 1. The topological polar surface area (TPSA) is 72.5 Å². The maximum absolute atomic E-state index is 11.7. The summed E-state index contributed by atoms with van der Waals surface area (Å²) in [4.78, 5) is 12.9. The van der Waals surface area contributed by atoms with E-state index in [0.29, 0.717) is 29.3 Å². The van der Waals surface area contributed by atoms with Crippen molar-refractivity contribution in [3.63, 3.8) is 0 Å². The zero-order chi connectivity index (χ0) is 13.8. The Morgan fingerprint density at radius 1 is 1.53 bits per heavy atom. The van der Waals surface area contributed by atoms with Crippen molar-refractivity contribution in [1.82, 2.24) is 15.5 Å². The number of hydrogen-bond acceptors (Lipinski definition) is 5. The van der Waals surface area contributed by atoms with E-state index < -0.39 is 0 Å². The Bertz CT molecular complexity index is 431. The van der Waals surface area contributed by atoms with Crippen LogP contribution >= 0.6 is 11.8 Å². The molecule has 1 amide bonds. The highest BCUT2D eigenvalue weighted by atomic mass is 32.2. The molecule has 1 aliphatic rings. The molecule has 1 saturated carbocycles. The first-order valence-electron chi connectivity index (χ1n) is 6.58. The van der Waals surface area contributed by atoms with Crippen molar-refractivity contribution in [2.75, 3.05) is 19.8 Å². The van der Waals surface area contributed by atoms with E-state index in [-0.39, 0.29) is 11.9 Å².